The molecule has 1 amide bonds. The van der Waals surface area contributed by atoms with Gasteiger partial charge in [0.15, 0.2) is 5.76 Å². The Labute approximate surface area is 150 Å². The summed E-state index contributed by atoms with van der Waals surface area (Å²) in [6.07, 6.45) is 2.13. The largest absolute Gasteiger partial charge is 0.451 e. The minimum atomic E-state index is 0. The number of benzene rings is 1. The third-order valence-electron chi connectivity index (χ3n) is 4.93. The Kier molecular flexibility index (Phi) is 6.30. The molecule has 0 atom stereocenters. The Morgan fingerprint density at radius 2 is 1.88 bits per heavy atom. The van der Waals surface area contributed by atoms with Crippen LogP contribution in [0.4, 0.5) is 0 Å². The van der Waals surface area contributed by atoms with E-state index in [0.29, 0.717) is 11.7 Å². The van der Waals surface area contributed by atoms with Gasteiger partial charge in [-0.05, 0) is 75.0 Å². The topological polar surface area (TPSA) is 45.5 Å². The molecule has 2 aromatic rings. The summed E-state index contributed by atoms with van der Waals surface area (Å²) in [4.78, 5) is 14.6. The predicted molar refractivity (Wildman–Crippen MR) is 100 cm³/mol. The second-order valence-electron chi connectivity index (χ2n) is 6.63. The van der Waals surface area contributed by atoms with E-state index in [2.05, 4.69) is 32.2 Å². The highest BCUT2D eigenvalue weighted by Gasteiger charge is 2.25. The third kappa shape index (κ3) is 3.93. The van der Waals surface area contributed by atoms with E-state index in [1.54, 1.807) is 0 Å². The van der Waals surface area contributed by atoms with Crippen LogP contribution in [0.15, 0.2) is 22.6 Å². The van der Waals surface area contributed by atoms with Gasteiger partial charge in [0, 0.05) is 18.5 Å². The highest BCUT2D eigenvalue weighted by atomic mass is 35.5. The van der Waals surface area contributed by atoms with Gasteiger partial charge in [-0.2, -0.15) is 0 Å². The summed E-state index contributed by atoms with van der Waals surface area (Å²) in [6.45, 7) is 9.99. The van der Waals surface area contributed by atoms with Crippen LogP contribution >= 0.6 is 12.4 Å². The molecule has 0 aliphatic carbocycles. The fraction of sp³-hybridized carbons (Fsp3) is 0.526. The zero-order chi connectivity index (χ0) is 16.4. The first-order chi connectivity index (χ1) is 11.1. The summed E-state index contributed by atoms with van der Waals surface area (Å²) in [5.41, 5.74) is 3.22. The van der Waals surface area contributed by atoms with Crippen molar-refractivity contribution in [3.05, 3.63) is 35.1 Å². The quantitative estimate of drug-likeness (QED) is 0.908. The number of carbonyl (C=O) groups is 1. The molecule has 0 unspecified atom stereocenters. The summed E-state index contributed by atoms with van der Waals surface area (Å²) < 4.78 is 5.81. The summed E-state index contributed by atoms with van der Waals surface area (Å²) >= 11 is 0. The number of fused-ring (bicyclic) bond motifs is 1. The van der Waals surface area contributed by atoms with E-state index in [4.69, 9.17) is 4.42 Å². The summed E-state index contributed by atoms with van der Waals surface area (Å²) in [5.74, 6) is 1.17. The second kappa shape index (κ2) is 8.04. The lowest BCUT2D eigenvalue weighted by atomic mass is 9.96. The van der Waals surface area contributed by atoms with Gasteiger partial charge in [0.25, 0.3) is 5.91 Å². The molecule has 2 heterocycles. The van der Waals surface area contributed by atoms with Crippen molar-refractivity contribution in [3.63, 3.8) is 0 Å². The lowest BCUT2D eigenvalue weighted by Crippen LogP contribution is -2.40. The van der Waals surface area contributed by atoms with Crippen molar-refractivity contribution < 1.29 is 9.21 Å². The van der Waals surface area contributed by atoms with E-state index in [1.165, 1.54) is 11.1 Å². The molecule has 132 valence electrons. The van der Waals surface area contributed by atoms with Crippen molar-refractivity contribution in [3.8, 4) is 0 Å². The Morgan fingerprint density at radius 3 is 2.54 bits per heavy atom. The SMILES string of the molecule is CCNCC1CCN(C(=O)c2cc3cc(C)c(C)cc3o2)CC1.Cl. The fourth-order valence-electron chi connectivity index (χ4n) is 3.25. The molecule has 3 rings (SSSR count). The van der Waals surface area contributed by atoms with E-state index in [0.717, 1.165) is 50.0 Å². The van der Waals surface area contributed by atoms with Gasteiger partial charge in [-0.25, -0.2) is 0 Å². The van der Waals surface area contributed by atoms with Gasteiger partial charge in [0.1, 0.15) is 5.58 Å². The number of piperidine rings is 1. The Balaban J connectivity index is 0.00000208. The number of amides is 1. The first kappa shape index (κ1) is 18.8. The van der Waals surface area contributed by atoms with Crippen molar-refractivity contribution in [1.29, 1.82) is 0 Å². The average Bonchev–Trinajstić information content (AvgIpc) is 2.96. The molecular formula is C19H27ClN2O2. The van der Waals surface area contributed by atoms with E-state index in [1.807, 2.05) is 17.0 Å². The standard InChI is InChI=1S/C19H26N2O2.ClH/c1-4-20-12-15-5-7-21(8-6-15)19(22)18-11-16-9-13(2)14(3)10-17(16)23-18;/h9-11,15,20H,4-8,12H2,1-3H3;1H. The molecule has 1 aromatic heterocycles. The molecule has 1 aliphatic rings. The third-order valence-corrected chi connectivity index (χ3v) is 4.93. The molecule has 1 saturated heterocycles. The Bertz CT molecular complexity index is 664. The Morgan fingerprint density at radius 1 is 1.21 bits per heavy atom. The lowest BCUT2D eigenvalue weighted by Gasteiger charge is -2.31. The molecule has 5 heteroatoms. The van der Waals surface area contributed by atoms with E-state index in [-0.39, 0.29) is 18.3 Å². The van der Waals surface area contributed by atoms with E-state index < -0.39 is 0 Å². The van der Waals surface area contributed by atoms with Crippen molar-refractivity contribution >= 4 is 29.3 Å². The smallest absolute Gasteiger partial charge is 0.289 e. The molecule has 1 fully saturated rings. The molecule has 0 saturated carbocycles. The maximum atomic E-state index is 12.7. The fourth-order valence-corrected chi connectivity index (χ4v) is 3.25. The van der Waals surface area contributed by atoms with Crippen LogP contribution < -0.4 is 5.32 Å². The van der Waals surface area contributed by atoms with Crippen molar-refractivity contribution in [2.75, 3.05) is 26.2 Å². The number of hydrogen-bond donors (Lipinski definition) is 1. The molecule has 0 radical (unpaired) electrons. The second-order valence-corrected chi connectivity index (χ2v) is 6.63. The van der Waals surface area contributed by atoms with Crippen LogP contribution in [-0.4, -0.2) is 37.0 Å². The van der Waals surface area contributed by atoms with Gasteiger partial charge < -0.3 is 14.6 Å². The number of halogens is 1. The van der Waals surface area contributed by atoms with Crippen molar-refractivity contribution in [2.45, 2.75) is 33.6 Å². The molecule has 1 aromatic carbocycles. The van der Waals surface area contributed by atoms with Crippen LogP contribution in [0.1, 0.15) is 41.4 Å². The van der Waals surface area contributed by atoms with Gasteiger partial charge in [-0.3, -0.25) is 4.79 Å². The van der Waals surface area contributed by atoms with Gasteiger partial charge in [0.2, 0.25) is 0 Å². The van der Waals surface area contributed by atoms with Crippen LogP contribution in [0.3, 0.4) is 0 Å². The Hall–Kier alpha value is -1.52. The predicted octanol–water partition coefficient (Wildman–Crippen LogP) is 3.93. The van der Waals surface area contributed by atoms with E-state index >= 15 is 0 Å². The minimum absolute atomic E-state index is 0. The van der Waals surface area contributed by atoms with Crippen LogP contribution in [0.25, 0.3) is 11.0 Å². The first-order valence-corrected chi connectivity index (χ1v) is 8.59. The maximum absolute atomic E-state index is 12.7. The summed E-state index contributed by atoms with van der Waals surface area (Å²) in [7, 11) is 0. The molecule has 4 nitrogen and oxygen atoms in total. The number of carbonyl (C=O) groups excluding carboxylic acids is 1. The van der Waals surface area contributed by atoms with Gasteiger partial charge in [-0.15, -0.1) is 12.4 Å². The normalized spacial score (nSPS) is 15.5. The van der Waals surface area contributed by atoms with Gasteiger partial charge in [0.05, 0.1) is 0 Å². The number of aryl methyl sites for hydroxylation is 2. The van der Waals surface area contributed by atoms with E-state index in [9.17, 15) is 4.79 Å². The average molecular weight is 351 g/mol. The molecular weight excluding hydrogens is 324 g/mol. The maximum Gasteiger partial charge on any atom is 0.289 e. The van der Waals surface area contributed by atoms with Crippen LogP contribution in [-0.2, 0) is 0 Å². The van der Waals surface area contributed by atoms with Gasteiger partial charge in [-0.1, -0.05) is 6.92 Å². The molecule has 1 aliphatic heterocycles. The zero-order valence-corrected chi connectivity index (χ0v) is 15.5. The summed E-state index contributed by atoms with van der Waals surface area (Å²) in [5, 5.41) is 4.41. The summed E-state index contributed by atoms with van der Waals surface area (Å²) in [6, 6.07) is 5.99. The highest BCUT2D eigenvalue weighted by Crippen LogP contribution is 2.25. The minimum Gasteiger partial charge on any atom is -0.451 e. The highest BCUT2D eigenvalue weighted by molar-refractivity contribution is 5.96. The number of nitrogens with one attached hydrogen (secondary N) is 1. The first-order valence-electron chi connectivity index (χ1n) is 8.59. The van der Waals surface area contributed by atoms with Crippen LogP contribution in [0, 0.1) is 19.8 Å². The number of furan rings is 1. The van der Waals surface area contributed by atoms with Gasteiger partial charge >= 0.3 is 0 Å². The monoisotopic (exact) mass is 350 g/mol. The van der Waals surface area contributed by atoms with Crippen molar-refractivity contribution in [2.24, 2.45) is 5.92 Å². The zero-order valence-electron chi connectivity index (χ0n) is 14.7. The molecule has 0 spiro atoms. The number of hydrogen-bond acceptors (Lipinski definition) is 3. The number of nitrogens with zero attached hydrogens (tertiary/aromatic N) is 1. The van der Waals surface area contributed by atoms with Crippen molar-refractivity contribution in [1.82, 2.24) is 10.2 Å². The number of likely N-dealkylation sites (tertiary alicyclic amines) is 1. The lowest BCUT2D eigenvalue weighted by molar-refractivity contribution is 0.0660. The molecule has 0 bridgehead atoms. The van der Waals surface area contributed by atoms with Crippen LogP contribution in [0.2, 0.25) is 0 Å². The molecule has 24 heavy (non-hydrogen) atoms. The van der Waals surface area contributed by atoms with Crippen LogP contribution in [0.5, 0.6) is 0 Å². The molecule has 1 N–H and O–H groups in total. The number of rotatable bonds is 4.